The third-order valence-electron chi connectivity index (χ3n) is 3.62. The van der Waals surface area contributed by atoms with Crippen molar-refractivity contribution in [1.29, 1.82) is 0 Å². The fourth-order valence-electron chi connectivity index (χ4n) is 2.37. The Kier molecular flexibility index (Phi) is 5.07. The van der Waals surface area contributed by atoms with Gasteiger partial charge in [0.2, 0.25) is 23.5 Å². The third-order valence-corrected chi connectivity index (χ3v) is 3.62. The van der Waals surface area contributed by atoms with Crippen LogP contribution in [0.1, 0.15) is 18.4 Å². The standard InChI is InChI=1S/C14H15FN4O5/c15-8-2-1-7(6-11(8)19(23)24)5-10(13(16)21)18-14(22)9-3-4-12(20)17-9/h1-2,6,9-10H,3-5H2,(H2,16,21)(H,17,20)(H,18,22)/t9-,10+/m0/s1. The number of rotatable bonds is 6. The minimum atomic E-state index is -1.14. The van der Waals surface area contributed by atoms with Crippen molar-refractivity contribution in [2.24, 2.45) is 5.73 Å². The molecule has 1 heterocycles. The number of nitrogens with two attached hydrogens (primary N) is 1. The third kappa shape index (κ3) is 4.03. The Morgan fingerprint density at radius 3 is 2.75 bits per heavy atom. The second-order valence-corrected chi connectivity index (χ2v) is 5.37. The number of carbonyl (C=O) groups excluding carboxylic acids is 3. The van der Waals surface area contributed by atoms with Crippen LogP contribution >= 0.6 is 0 Å². The molecule has 0 saturated carbocycles. The van der Waals surface area contributed by atoms with Crippen LogP contribution in [-0.2, 0) is 20.8 Å². The summed E-state index contributed by atoms with van der Waals surface area (Å²) in [5.74, 6) is -2.68. The number of nitrogens with one attached hydrogen (secondary N) is 2. The van der Waals surface area contributed by atoms with E-state index in [0.717, 1.165) is 12.1 Å². The van der Waals surface area contributed by atoms with Crippen LogP contribution in [-0.4, -0.2) is 34.7 Å². The Balaban J connectivity index is 2.10. The first-order valence-corrected chi connectivity index (χ1v) is 7.10. The van der Waals surface area contributed by atoms with Crippen LogP contribution in [0.15, 0.2) is 18.2 Å². The van der Waals surface area contributed by atoms with Crippen molar-refractivity contribution in [3.05, 3.63) is 39.7 Å². The van der Waals surface area contributed by atoms with Crippen LogP contribution in [0.25, 0.3) is 0 Å². The zero-order chi connectivity index (χ0) is 17.9. The molecule has 0 radical (unpaired) electrons. The predicted octanol–water partition coefficient (Wildman–Crippen LogP) is -0.475. The molecule has 0 aromatic heterocycles. The number of primary amides is 1. The highest BCUT2D eigenvalue weighted by molar-refractivity contribution is 5.93. The number of hydrogen-bond acceptors (Lipinski definition) is 5. The van der Waals surface area contributed by atoms with E-state index in [9.17, 15) is 28.9 Å². The van der Waals surface area contributed by atoms with Crippen molar-refractivity contribution in [2.75, 3.05) is 0 Å². The monoisotopic (exact) mass is 338 g/mol. The van der Waals surface area contributed by atoms with Crippen LogP contribution < -0.4 is 16.4 Å². The summed E-state index contributed by atoms with van der Waals surface area (Å²) in [5, 5.41) is 15.6. The first-order chi connectivity index (χ1) is 11.3. The van der Waals surface area contributed by atoms with Crippen LogP contribution in [0.4, 0.5) is 10.1 Å². The molecule has 1 fully saturated rings. The van der Waals surface area contributed by atoms with Gasteiger partial charge in [-0.05, 0) is 18.1 Å². The van der Waals surface area contributed by atoms with Crippen molar-refractivity contribution in [1.82, 2.24) is 10.6 Å². The van der Waals surface area contributed by atoms with E-state index >= 15 is 0 Å². The molecule has 2 atom stereocenters. The molecule has 0 bridgehead atoms. The highest BCUT2D eigenvalue weighted by Crippen LogP contribution is 2.19. The normalized spacial score (nSPS) is 17.9. The summed E-state index contributed by atoms with van der Waals surface area (Å²) in [4.78, 5) is 44.5. The fourth-order valence-corrected chi connectivity index (χ4v) is 2.37. The molecule has 1 aromatic rings. The van der Waals surface area contributed by atoms with E-state index in [0.29, 0.717) is 6.42 Å². The largest absolute Gasteiger partial charge is 0.368 e. The quantitative estimate of drug-likeness (QED) is 0.474. The molecule has 9 nitrogen and oxygen atoms in total. The molecular formula is C14H15FN4O5. The van der Waals surface area contributed by atoms with Gasteiger partial charge in [0.05, 0.1) is 4.92 Å². The Labute approximate surface area is 135 Å². The minimum Gasteiger partial charge on any atom is -0.368 e. The molecule has 24 heavy (non-hydrogen) atoms. The predicted molar refractivity (Wildman–Crippen MR) is 79.0 cm³/mol. The van der Waals surface area contributed by atoms with E-state index in [1.54, 1.807) is 0 Å². The lowest BCUT2D eigenvalue weighted by atomic mass is 10.0. The summed E-state index contributed by atoms with van der Waals surface area (Å²) in [6, 6.07) is 1.27. The average molecular weight is 338 g/mol. The van der Waals surface area contributed by atoms with Gasteiger partial charge >= 0.3 is 5.69 Å². The van der Waals surface area contributed by atoms with Gasteiger partial charge in [0.1, 0.15) is 12.1 Å². The van der Waals surface area contributed by atoms with Crippen LogP contribution in [0.2, 0.25) is 0 Å². The molecule has 1 aromatic carbocycles. The first-order valence-electron chi connectivity index (χ1n) is 7.10. The molecule has 4 N–H and O–H groups in total. The summed E-state index contributed by atoms with van der Waals surface area (Å²) in [7, 11) is 0. The van der Waals surface area contributed by atoms with E-state index < -0.39 is 40.3 Å². The molecule has 0 spiro atoms. The van der Waals surface area contributed by atoms with Crippen molar-refractivity contribution in [3.8, 4) is 0 Å². The molecule has 128 valence electrons. The van der Waals surface area contributed by atoms with Gasteiger partial charge in [-0.1, -0.05) is 6.07 Å². The van der Waals surface area contributed by atoms with Gasteiger partial charge in [0.15, 0.2) is 0 Å². The Morgan fingerprint density at radius 1 is 1.50 bits per heavy atom. The topological polar surface area (TPSA) is 144 Å². The molecule has 0 unspecified atom stereocenters. The number of nitro groups is 1. The molecule has 1 aliphatic rings. The van der Waals surface area contributed by atoms with Crippen molar-refractivity contribution in [2.45, 2.75) is 31.3 Å². The van der Waals surface area contributed by atoms with Crippen molar-refractivity contribution in [3.63, 3.8) is 0 Å². The summed E-state index contributed by atoms with van der Waals surface area (Å²) >= 11 is 0. The highest BCUT2D eigenvalue weighted by Gasteiger charge is 2.30. The van der Waals surface area contributed by atoms with Gasteiger partial charge in [-0.3, -0.25) is 24.5 Å². The molecular weight excluding hydrogens is 323 g/mol. The van der Waals surface area contributed by atoms with Gasteiger partial charge in [-0.2, -0.15) is 4.39 Å². The average Bonchev–Trinajstić information content (AvgIpc) is 2.94. The summed E-state index contributed by atoms with van der Waals surface area (Å²) in [6.45, 7) is 0. The number of carbonyl (C=O) groups is 3. The molecule has 10 heteroatoms. The number of nitrogens with zero attached hydrogens (tertiary/aromatic N) is 1. The lowest BCUT2D eigenvalue weighted by Crippen LogP contribution is -2.51. The number of halogens is 1. The van der Waals surface area contributed by atoms with Gasteiger partial charge in [0, 0.05) is 18.9 Å². The summed E-state index contributed by atoms with van der Waals surface area (Å²) < 4.78 is 13.3. The second-order valence-electron chi connectivity index (χ2n) is 5.37. The maximum absolute atomic E-state index is 13.3. The zero-order valence-electron chi connectivity index (χ0n) is 12.5. The number of nitro benzene ring substituents is 1. The molecule has 1 aliphatic heterocycles. The van der Waals surface area contributed by atoms with Crippen molar-refractivity contribution >= 4 is 23.4 Å². The van der Waals surface area contributed by atoms with Crippen LogP contribution in [0.5, 0.6) is 0 Å². The summed E-state index contributed by atoms with van der Waals surface area (Å²) in [5.41, 5.74) is 4.77. The van der Waals surface area contributed by atoms with Gasteiger partial charge in [-0.25, -0.2) is 0 Å². The van der Waals surface area contributed by atoms with E-state index in [1.165, 1.54) is 6.07 Å². The minimum absolute atomic E-state index is 0.136. The lowest BCUT2D eigenvalue weighted by Gasteiger charge is -2.18. The highest BCUT2D eigenvalue weighted by atomic mass is 19.1. The Bertz CT molecular complexity index is 708. The van der Waals surface area contributed by atoms with Crippen LogP contribution in [0, 0.1) is 15.9 Å². The smallest absolute Gasteiger partial charge is 0.305 e. The second kappa shape index (κ2) is 7.02. The van der Waals surface area contributed by atoms with E-state index in [-0.39, 0.29) is 24.3 Å². The van der Waals surface area contributed by atoms with E-state index in [2.05, 4.69) is 10.6 Å². The van der Waals surface area contributed by atoms with Crippen molar-refractivity contribution < 1.29 is 23.7 Å². The lowest BCUT2D eigenvalue weighted by molar-refractivity contribution is -0.387. The van der Waals surface area contributed by atoms with Gasteiger partial charge in [0.25, 0.3) is 0 Å². The Hall–Kier alpha value is -3.04. The van der Waals surface area contributed by atoms with Gasteiger partial charge in [-0.15, -0.1) is 0 Å². The Morgan fingerprint density at radius 2 is 2.21 bits per heavy atom. The molecule has 0 aliphatic carbocycles. The number of amides is 3. The SMILES string of the molecule is NC(=O)[C@@H](Cc1ccc(F)c([N+](=O)[O-])c1)NC(=O)[C@@H]1CCC(=O)N1. The molecule has 3 amide bonds. The maximum Gasteiger partial charge on any atom is 0.305 e. The fraction of sp³-hybridized carbons (Fsp3) is 0.357. The first kappa shape index (κ1) is 17.3. The number of hydrogen-bond donors (Lipinski definition) is 3. The number of benzene rings is 1. The molecule has 2 rings (SSSR count). The molecule has 1 saturated heterocycles. The van der Waals surface area contributed by atoms with E-state index in [1.807, 2.05) is 0 Å². The summed E-state index contributed by atoms with van der Waals surface area (Å²) in [6.07, 6.45) is 0.379. The van der Waals surface area contributed by atoms with Crippen LogP contribution in [0.3, 0.4) is 0 Å². The van der Waals surface area contributed by atoms with Gasteiger partial charge < -0.3 is 16.4 Å². The maximum atomic E-state index is 13.3. The van der Waals surface area contributed by atoms with E-state index in [4.69, 9.17) is 5.73 Å². The zero-order valence-corrected chi connectivity index (χ0v) is 12.5.